The molecule has 0 bridgehead atoms. The number of benzene rings is 1. The summed E-state index contributed by atoms with van der Waals surface area (Å²) in [4.78, 5) is 134. The number of amides is 10. The first kappa shape index (κ1) is 56.7. The lowest BCUT2D eigenvalue weighted by Crippen LogP contribution is -2.60. The van der Waals surface area contributed by atoms with Crippen molar-refractivity contribution in [3.05, 3.63) is 29.8 Å². The molecule has 0 spiro atoms. The molecule has 9 atom stereocenters. The van der Waals surface area contributed by atoms with E-state index in [1.54, 1.807) is 19.1 Å². The molecule has 0 unspecified atom stereocenters. The Morgan fingerprint density at radius 3 is 2.12 bits per heavy atom. The number of aromatic hydroxyl groups is 1. The SMILES string of the molecule is CC[C@H](C)[C@@H]1OC[C@H](Cc2ccc(O)cc2)NC(=O)[C@@H](N)CSSC[C@@H](C(=O)N2CCC[C@H]2C(=O)N[C@@H](CC(C)C)C(=O)NCC(N)=O)NC(=O)[C@H](CC(N)=O)NC(=O)[C@H](CCC(N)=O)NC1=O. The summed E-state index contributed by atoms with van der Waals surface area (Å²) in [7, 11) is 2.17. The van der Waals surface area contributed by atoms with Crippen LogP contribution < -0.4 is 54.8 Å². The molecule has 1 aromatic rings. The van der Waals surface area contributed by atoms with Crippen LogP contribution in [-0.4, -0.2) is 149 Å². The van der Waals surface area contributed by atoms with Gasteiger partial charge in [0.05, 0.1) is 31.7 Å². The molecule has 23 nitrogen and oxygen atoms in total. The van der Waals surface area contributed by atoms with E-state index in [0.29, 0.717) is 18.4 Å². The van der Waals surface area contributed by atoms with Crippen molar-refractivity contribution >= 4 is 80.7 Å². The lowest BCUT2D eigenvalue weighted by atomic mass is 9.99. The second-order valence-corrected chi connectivity index (χ2v) is 19.9. The summed E-state index contributed by atoms with van der Waals surface area (Å²) in [6.07, 6.45) is -1.30. The minimum Gasteiger partial charge on any atom is -0.508 e. The Morgan fingerprint density at radius 2 is 1.50 bits per heavy atom. The van der Waals surface area contributed by atoms with E-state index in [0.717, 1.165) is 21.6 Å². The fraction of sp³-hybridized carbons (Fsp3) is 0.628. The van der Waals surface area contributed by atoms with Crippen molar-refractivity contribution in [1.82, 2.24) is 36.8 Å². The molecule has 378 valence electrons. The van der Waals surface area contributed by atoms with E-state index >= 15 is 0 Å². The minimum absolute atomic E-state index is 0.00684. The third-order valence-electron chi connectivity index (χ3n) is 11.1. The molecule has 2 fully saturated rings. The van der Waals surface area contributed by atoms with Gasteiger partial charge in [-0.3, -0.25) is 47.9 Å². The van der Waals surface area contributed by atoms with Crippen molar-refractivity contribution in [3.63, 3.8) is 0 Å². The van der Waals surface area contributed by atoms with Crippen molar-refractivity contribution in [2.45, 2.75) is 127 Å². The van der Waals surface area contributed by atoms with Crippen LogP contribution in [0.5, 0.6) is 5.75 Å². The van der Waals surface area contributed by atoms with E-state index < -0.39 is 126 Å². The third-order valence-corrected chi connectivity index (χ3v) is 13.6. The van der Waals surface area contributed by atoms with Crippen LogP contribution in [0.4, 0.5) is 0 Å². The number of primary amides is 3. The zero-order valence-electron chi connectivity index (χ0n) is 38.8. The first-order valence-corrected chi connectivity index (χ1v) is 24.9. The van der Waals surface area contributed by atoms with E-state index in [9.17, 15) is 53.1 Å². The molecule has 2 saturated heterocycles. The first-order chi connectivity index (χ1) is 32.1. The minimum atomic E-state index is -1.71. The van der Waals surface area contributed by atoms with Crippen molar-refractivity contribution < 1.29 is 57.8 Å². The molecule has 10 amide bonds. The van der Waals surface area contributed by atoms with Crippen LogP contribution in [0.3, 0.4) is 0 Å². The quantitative estimate of drug-likeness (QED) is 0.0708. The summed E-state index contributed by atoms with van der Waals surface area (Å²) < 4.78 is 6.17. The molecule has 2 aliphatic rings. The van der Waals surface area contributed by atoms with Crippen molar-refractivity contribution in [1.29, 1.82) is 0 Å². The molecular weight excluding hydrogens is 927 g/mol. The number of hydrogen-bond donors (Lipinski definition) is 11. The monoisotopic (exact) mass is 993 g/mol. The standard InChI is InChI=1S/C43H67N11O12S2/c1-5-23(4)36-42(64)50-28(12-13-33(45)56)39(61)51-30(17-34(46)57)40(62)53-31(21-68-67-20-27(44)37(59)49-25(19-66-36)16-24-8-10-26(55)11-9-24)43(65)54-14-6-7-32(54)41(63)52-29(15-22(2)3)38(60)48-18-35(47)58/h8-11,22-23,25,27-32,36,55H,5-7,12-21,44H2,1-4H3,(H2,45,56)(H2,46,57)(H2,47,58)(H,48,60)(H,49,59)(H,50,64)(H,51,61)(H,52,63)(H,53,62)/t23-,25-,27-,28-,29-,30-,31-,32-,36-/m0/s1. The van der Waals surface area contributed by atoms with Crippen LogP contribution in [0.1, 0.15) is 78.2 Å². The lowest BCUT2D eigenvalue weighted by Gasteiger charge is -2.31. The van der Waals surface area contributed by atoms with E-state index in [-0.39, 0.29) is 68.4 Å². The van der Waals surface area contributed by atoms with E-state index in [4.69, 9.17) is 27.7 Å². The van der Waals surface area contributed by atoms with Gasteiger partial charge in [0.15, 0.2) is 0 Å². The topological polar surface area (TPSA) is 380 Å². The molecule has 0 saturated carbocycles. The van der Waals surface area contributed by atoms with E-state index in [1.165, 1.54) is 17.0 Å². The number of carbonyl (C=O) groups is 10. The van der Waals surface area contributed by atoms with E-state index in [1.807, 2.05) is 20.8 Å². The maximum atomic E-state index is 14.5. The molecule has 25 heteroatoms. The Balaban J connectivity index is 2.02. The van der Waals surface area contributed by atoms with Gasteiger partial charge in [0.1, 0.15) is 42.1 Å². The number of nitrogens with one attached hydrogen (secondary N) is 6. The van der Waals surface area contributed by atoms with E-state index in [2.05, 4.69) is 31.9 Å². The number of nitrogens with two attached hydrogens (primary N) is 4. The fourth-order valence-electron chi connectivity index (χ4n) is 7.33. The number of rotatable bonds is 17. The second kappa shape index (κ2) is 28.0. The van der Waals surface area contributed by atoms with Gasteiger partial charge >= 0.3 is 0 Å². The maximum Gasteiger partial charge on any atom is 0.250 e. The van der Waals surface area contributed by atoms with Crippen LogP contribution in [0.2, 0.25) is 0 Å². The van der Waals surface area contributed by atoms with Crippen LogP contribution in [-0.2, 0) is 59.1 Å². The number of phenols is 1. The van der Waals surface area contributed by atoms with Gasteiger partial charge in [-0.05, 0) is 61.6 Å². The van der Waals surface area contributed by atoms with Gasteiger partial charge < -0.3 is 69.6 Å². The summed E-state index contributed by atoms with van der Waals surface area (Å²) in [5, 5.41) is 25.4. The fourth-order valence-corrected chi connectivity index (χ4v) is 9.61. The molecule has 68 heavy (non-hydrogen) atoms. The molecule has 3 rings (SSSR count). The Labute approximate surface area is 403 Å². The first-order valence-electron chi connectivity index (χ1n) is 22.4. The Hall–Kier alpha value is -5.66. The molecule has 2 aliphatic heterocycles. The summed E-state index contributed by atoms with van der Waals surface area (Å²) in [6.45, 7) is 6.60. The second-order valence-electron chi connectivity index (χ2n) is 17.3. The van der Waals surface area contributed by atoms with Gasteiger partial charge in [-0.15, -0.1) is 0 Å². The highest BCUT2D eigenvalue weighted by atomic mass is 33.1. The normalized spacial score (nSPS) is 24.6. The number of nitrogens with zero attached hydrogens (tertiary/aromatic N) is 1. The average Bonchev–Trinajstić information content (AvgIpc) is 3.77. The van der Waals surface area contributed by atoms with Crippen LogP contribution in [0, 0.1) is 11.8 Å². The Morgan fingerprint density at radius 1 is 0.853 bits per heavy atom. The number of carbonyl (C=O) groups excluding carboxylic acids is 10. The van der Waals surface area contributed by atoms with Crippen LogP contribution in [0.15, 0.2) is 24.3 Å². The highest BCUT2D eigenvalue weighted by molar-refractivity contribution is 8.76. The van der Waals surface area contributed by atoms with Gasteiger partial charge in [0.25, 0.3) is 0 Å². The van der Waals surface area contributed by atoms with Gasteiger partial charge in [-0.25, -0.2) is 0 Å². The number of phenolic OH excluding ortho intramolecular Hbond substituents is 1. The van der Waals surface area contributed by atoms with Gasteiger partial charge in [0, 0.05) is 24.5 Å². The van der Waals surface area contributed by atoms with Crippen molar-refractivity contribution in [2.75, 3.05) is 31.2 Å². The lowest BCUT2D eigenvalue weighted by molar-refractivity contribution is -0.142. The summed E-state index contributed by atoms with van der Waals surface area (Å²) in [5.74, 6) is -8.70. The van der Waals surface area contributed by atoms with Crippen LogP contribution in [0.25, 0.3) is 0 Å². The smallest absolute Gasteiger partial charge is 0.250 e. The molecule has 15 N–H and O–H groups in total. The van der Waals surface area contributed by atoms with Crippen molar-refractivity contribution in [2.24, 2.45) is 34.8 Å². The Kier molecular flexibility index (Phi) is 23.3. The number of ether oxygens (including phenoxy) is 1. The van der Waals surface area contributed by atoms with Crippen molar-refractivity contribution in [3.8, 4) is 5.75 Å². The molecule has 0 aliphatic carbocycles. The molecule has 0 aromatic heterocycles. The zero-order valence-corrected chi connectivity index (χ0v) is 40.4. The molecular formula is C43H67N11O12S2. The zero-order chi connectivity index (χ0) is 50.7. The summed E-state index contributed by atoms with van der Waals surface area (Å²) in [6, 6.07) is -2.41. The van der Waals surface area contributed by atoms with Crippen LogP contribution >= 0.6 is 21.6 Å². The molecule has 1 aromatic carbocycles. The molecule has 0 radical (unpaired) electrons. The third kappa shape index (κ3) is 18.8. The van der Waals surface area contributed by atoms with Gasteiger partial charge in [-0.1, -0.05) is 67.8 Å². The highest BCUT2D eigenvalue weighted by Gasteiger charge is 2.40. The largest absolute Gasteiger partial charge is 0.508 e. The predicted molar refractivity (Wildman–Crippen MR) is 252 cm³/mol. The van der Waals surface area contributed by atoms with Gasteiger partial charge in [0.2, 0.25) is 59.1 Å². The maximum absolute atomic E-state index is 14.5. The summed E-state index contributed by atoms with van der Waals surface area (Å²) >= 11 is 0. The predicted octanol–water partition coefficient (Wildman–Crippen LogP) is -2.71. The number of likely N-dealkylation sites (tertiary alicyclic amines) is 1. The Bertz CT molecular complexity index is 1960. The average molecular weight is 994 g/mol. The van der Waals surface area contributed by atoms with Gasteiger partial charge in [-0.2, -0.15) is 0 Å². The molecule has 2 heterocycles. The highest BCUT2D eigenvalue weighted by Crippen LogP contribution is 2.26. The summed E-state index contributed by atoms with van der Waals surface area (Å²) in [5.41, 5.74) is 23.2. The number of hydrogen-bond acceptors (Lipinski definition) is 15.